The van der Waals surface area contributed by atoms with E-state index in [-0.39, 0.29) is 11.8 Å². The molecule has 1 atom stereocenters. The van der Waals surface area contributed by atoms with E-state index in [9.17, 15) is 9.59 Å². The smallest absolute Gasteiger partial charge is 0.244 e. The molecule has 0 radical (unpaired) electrons. The van der Waals surface area contributed by atoms with E-state index >= 15 is 0 Å². The van der Waals surface area contributed by atoms with E-state index in [1.54, 1.807) is 6.92 Å². The molecule has 3 N–H and O–H groups in total. The van der Waals surface area contributed by atoms with Crippen LogP contribution in [0, 0.1) is 0 Å². The Hall–Kier alpha value is -2.66. The van der Waals surface area contributed by atoms with E-state index in [1.165, 1.54) is 11.1 Å². The number of nitrogens with one attached hydrogen (secondary N) is 1. The normalized spacial score (nSPS) is 15.2. The maximum atomic E-state index is 12.4. The Balaban J connectivity index is 1.43. The van der Waals surface area contributed by atoms with Crippen LogP contribution in [-0.2, 0) is 28.2 Å². The summed E-state index contributed by atoms with van der Waals surface area (Å²) < 4.78 is 0. The third kappa shape index (κ3) is 3.94. The zero-order valence-electron chi connectivity index (χ0n) is 15.1. The zero-order chi connectivity index (χ0) is 18.6. The van der Waals surface area contributed by atoms with Gasteiger partial charge in [-0.15, -0.1) is 0 Å². The first kappa shape index (κ1) is 18.1. The van der Waals surface area contributed by atoms with Gasteiger partial charge in [-0.05, 0) is 30.0 Å². The summed E-state index contributed by atoms with van der Waals surface area (Å²) in [6, 6.07) is 17.4. The van der Waals surface area contributed by atoms with E-state index < -0.39 is 5.54 Å². The SMILES string of the molecule is CC(N)(C(=O)NCCCC(=O)N1Cc2ccccc2C1)c1ccccc1. The van der Waals surface area contributed by atoms with Crippen molar-refractivity contribution in [3.63, 3.8) is 0 Å². The van der Waals surface area contributed by atoms with Crippen molar-refractivity contribution in [2.24, 2.45) is 5.73 Å². The van der Waals surface area contributed by atoms with Gasteiger partial charge in [0.25, 0.3) is 0 Å². The van der Waals surface area contributed by atoms with Gasteiger partial charge in [0, 0.05) is 26.1 Å². The molecule has 1 aliphatic rings. The molecule has 1 heterocycles. The molecular weight excluding hydrogens is 326 g/mol. The van der Waals surface area contributed by atoms with E-state index in [1.807, 2.05) is 47.4 Å². The van der Waals surface area contributed by atoms with Crippen LogP contribution in [0.25, 0.3) is 0 Å². The van der Waals surface area contributed by atoms with Gasteiger partial charge in [0.05, 0.1) is 0 Å². The van der Waals surface area contributed by atoms with E-state index in [4.69, 9.17) is 5.73 Å². The third-order valence-corrected chi connectivity index (χ3v) is 4.89. The predicted molar refractivity (Wildman–Crippen MR) is 101 cm³/mol. The Kier molecular flexibility index (Phi) is 5.38. The minimum Gasteiger partial charge on any atom is -0.354 e. The second-order valence-corrected chi connectivity index (χ2v) is 6.95. The molecule has 2 aromatic rings. The number of carbonyl (C=O) groups is 2. The van der Waals surface area contributed by atoms with Gasteiger partial charge in [0.2, 0.25) is 11.8 Å². The highest BCUT2D eigenvalue weighted by Gasteiger charge is 2.30. The Bertz CT molecular complexity index is 762. The van der Waals surface area contributed by atoms with Crippen molar-refractivity contribution in [2.75, 3.05) is 6.54 Å². The fourth-order valence-corrected chi connectivity index (χ4v) is 3.21. The number of rotatable bonds is 6. The number of benzene rings is 2. The maximum Gasteiger partial charge on any atom is 0.244 e. The minimum atomic E-state index is -1.08. The van der Waals surface area contributed by atoms with Crippen molar-refractivity contribution < 1.29 is 9.59 Å². The first-order valence-corrected chi connectivity index (χ1v) is 8.96. The lowest BCUT2D eigenvalue weighted by atomic mass is 9.92. The largest absolute Gasteiger partial charge is 0.354 e. The van der Waals surface area contributed by atoms with E-state index in [2.05, 4.69) is 17.4 Å². The standard InChI is InChI=1S/C21H25N3O2/c1-21(22,18-10-3-2-4-11-18)20(26)23-13-7-12-19(25)24-14-16-8-5-6-9-17(16)15-24/h2-6,8-11H,7,12-15,22H2,1H3,(H,23,26). The highest BCUT2D eigenvalue weighted by molar-refractivity contribution is 5.87. The molecule has 0 saturated heterocycles. The van der Waals surface area contributed by atoms with Gasteiger partial charge < -0.3 is 16.0 Å². The summed E-state index contributed by atoms with van der Waals surface area (Å²) in [7, 11) is 0. The van der Waals surface area contributed by atoms with Crippen LogP contribution >= 0.6 is 0 Å². The van der Waals surface area contributed by atoms with Gasteiger partial charge in [-0.3, -0.25) is 9.59 Å². The zero-order valence-corrected chi connectivity index (χ0v) is 15.1. The summed E-state index contributed by atoms with van der Waals surface area (Å²) in [6.07, 6.45) is 1.02. The Labute approximate surface area is 154 Å². The molecule has 26 heavy (non-hydrogen) atoms. The number of hydrogen-bond donors (Lipinski definition) is 2. The first-order chi connectivity index (χ1) is 12.5. The lowest BCUT2D eigenvalue weighted by Crippen LogP contribution is -2.49. The second-order valence-electron chi connectivity index (χ2n) is 6.95. The highest BCUT2D eigenvalue weighted by Crippen LogP contribution is 2.23. The van der Waals surface area contributed by atoms with Crippen LogP contribution in [0.15, 0.2) is 54.6 Å². The summed E-state index contributed by atoms with van der Waals surface area (Å²) in [5, 5.41) is 2.85. The third-order valence-electron chi connectivity index (χ3n) is 4.89. The summed E-state index contributed by atoms with van der Waals surface area (Å²) in [5.74, 6) is -0.112. The van der Waals surface area contributed by atoms with Crippen molar-refractivity contribution in [1.82, 2.24) is 10.2 Å². The van der Waals surface area contributed by atoms with Crippen LogP contribution in [0.4, 0.5) is 0 Å². The van der Waals surface area contributed by atoms with Gasteiger partial charge in [0.15, 0.2) is 0 Å². The molecule has 0 fully saturated rings. The van der Waals surface area contributed by atoms with Crippen LogP contribution in [-0.4, -0.2) is 23.3 Å². The minimum absolute atomic E-state index is 0.119. The van der Waals surface area contributed by atoms with Crippen molar-refractivity contribution in [3.8, 4) is 0 Å². The molecule has 5 heteroatoms. The lowest BCUT2D eigenvalue weighted by Gasteiger charge is -2.24. The molecule has 1 unspecified atom stereocenters. The van der Waals surface area contributed by atoms with E-state index in [0.717, 1.165) is 5.56 Å². The fourth-order valence-electron chi connectivity index (χ4n) is 3.21. The fraction of sp³-hybridized carbons (Fsp3) is 0.333. The Morgan fingerprint density at radius 2 is 1.62 bits per heavy atom. The van der Waals surface area contributed by atoms with Crippen molar-refractivity contribution >= 4 is 11.8 Å². The number of amides is 2. The summed E-state index contributed by atoms with van der Waals surface area (Å²) in [6.45, 7) is 3.49. The second kappa shape index (κ2) is 7.70. The molecule has 5 nitrogen and oxygen atoms in total. The Morgan fingerprint density at radius 3 is 2.23 bits per heavy atom. The lowest BCUT2D eigenvalue weighted by molar-refractivity contribution is -0.132. The van der Waals surface area contributed by atoms with Crippen LogP contribution in [0.1, 0.15) is 36.5 Å². The monoisotopic (exact) mass is 351 g/mol. The average molecular weight is 351 g/mol. The van der Waals surface area contributed by atoms with Crippen LogP contribution in [0.2, 0.25) is 0 Å². The Morgan fingerprint density at radius 1 is 1.04 bits per heavy atom. The van der Waals surface area contributed by atoms with E-state index in [0.29, 0.717) is 32.5 Å². The molecule has 0 saturated carbocycles. The van der Waals surface area contributed by atoms with Gasteiger partial charge in [0.1, 0.15) is 5.54 Å². The quantitative estimate of drug-likeness (QED) is 0.784. The molecule has 0 aliphatic carbocycles. The molecule has 1 aliphatic heterocycles. The van der Waals surface area contributed by atoms with Crippen LogP contribution in [0.5, 0.6) is 0 Å². The molecule has 0 aromatic heterocycles. The number of hydrogen-bond acceptors (Lipinski definition) is 3. The first-order valence-electron chi connectivity index (χ1n) is 8.96. The van der Waals surface area contributed by atoms with Crippen LogP contribution in [0.3, 0.4) is 0 Å². The number of nitrogens with zero attached hydrogens (tertiary/aromatic N) is 1. The average Bonchev–Trinajstić information content (AvgIpc) is 3.10. The van der Waals surface area contributed by atoms with Crippen molar-refractivity contribution in [3.05, 3.63) is 71.3 Å². The topological polar surface area (TPSA) is 75.4 Å². The maximum absolute atomic E-state index is 12.4. The predicted octanol–water partition coefficient (Wildman–Crippen LogP) is 2.30. The van der Waals surface area contributed by atoms with Crippen molar-refractivity contribution in [1.29, 1.82) is 0 Å². The summed E-state index contributed by atoms with van der Waals surface area (Å²) >= 11 is 0. The molecular formula is C21H25N3O2. The van der Waals surface area contributed by atoms with Gasteiger partial charge in [-0.1, -0.05) is 54.6 Å². The highest BCUT2D eigenvalue weighted by atomic mass is 16.2. The molecule has 3 rings (SSSR count). The van der Waals surface area contributed by atoms with Crippen molar-refractivity contribution in [2.45, 2.75) is 38.4 Å². The number of fused-ring (bicyclic) bond motifs is 1. The van der Waals surface area contributed by atoms with Gasteiger partial charge in [-0.2, -0.15) is 0 Å². The molecule has 136 valence electrons. The molecule has 0 bridgehead atoms. The molecule has 2 amide bonds. The molecule has 2 aromatic carbocycles. The summed E-state index contributed by atoms with van der Waals surface area (Å²) in [5.41, 5.74) is 8.31. The number of nitrogens with two attached hydrogens (primary N) is 1. The number of carbonyl (C=O) groups excluding carboxylic acids is 2. The summed E-state index contributed by atoms with van der Waals surface area (Å²) in [4.78, 5) is 26.6. The molecule has 0 spiro atoms. The van der Waals surface area contributed by atoms with Crippen LogP contribution < -0.4 is 11.1 Å². The van der Waals surface area contributed by atoms with Gasteiger partial charge >= 0.3 is 0 Å². The van der Waals surface area contributed by atoms with Gasteiger partial charge in [-0.25, -0.2) is 0 Å².